The third-order valence-electron chi connectivity index (χ3n) is 5.94. The zero-order chi connectivity index (χ0) is 20.5. The van der Waals surface area contributed by atoms with Gasteiger partial charge in [-0.15, -0.1) is 0 Å². The van der Waals surface area contributed by atoms with Crippen LogP contribution < -0.4 is 5.32 Å². The van der Waals surface area contributed by atoms with Gasteiger partial charge < -0.3 is 24.8 Å². The summed E-state index contributed by atoms with van der Waals surface area (Å²) in [7, 11) is 2.23. The maximum absolute atomic E-state index is 6.09. The highest BCUT2D eigenvalue weighted by atomic mass is 16.5. The summed E-state index contributed by atoms with van der Waals surface area (Å²) in [6.45, 7) is 14.5. The fraction of sp³-hybridized carbons (Fsp3) is 0.696. The molecule has 6 heteroatoms. The quantitative estimate of drug-likeness (QED) is 0.450. The Morgan fingerprint density at radius 2 is 2.03 bits per heavy atom. The number of aliphatic imine (C=N–C) groups is 1. The van der Waals surface area contributed by atoms with Crippen molar-refractivity contribution in [2.45, 2.75) is 32.8 Å². The van der Waals surface area contributed by atoms with E-state index in [2.05, 4.69) is 65.2 Å². The molecule has 0 amide bonds. The molecule has 1 aromatic carbocycles. The number of aryl methyl sites for hydroxylation is 1. The Hall–Kier alpha value is -1.63. The molecule has 2 aliphatic heterocycles. The predicted molar refractivity (Wildman–Crippen MR) is 121 cm³/mol. The number of nitrogens with zero attached hydrogens (tertiary/aromatic N) is 4. The first kappa shape index (κ1) is 22.1. The maximum Gasteiger partial charge on any atom is 0.194 e. The molecule has 2 fully saturated rings. The molecule has 1 unspecified atom stereocenters. The van der Waals surface area contributed by atoms with Crippen LogP contribution in [-0.4, -0.2) is 93.2 Å². The Kier molecular flexibility index (Phi) is 8.77. The van der Waals surface area contributed by atoms with Crippen LogP contribution in [-0.2, 0) is 4.74 Å². The van der Waals surface area contributed by atoms with E-state index >= 15 is 0 Å². The number of nitrogens with one attached hydrogen (secondary N) is 1. The summed E-state index contributed by atoms with van der Waals surface area (Å²) < 4.78 is 6.09. The lowest BCUT2D eigenvalue weighted by Gasteiger charge is -2.36. The van der Waals surface area contributed by atoms with Gasteiger partial charge in [0.2, 0.25) is 0 Å². The van der Waals surface area contributed by atoms with Crippen LogP contribution in [0.25, 0.3) is 0 Å². The molecule has 2 aliphatic rings. The number of hydrogen-bond donors (Lipinski definition) is 1. The molecule has 2 heterocycles. The van der Waals surface area contributed by atoms with Crippen LogP contribution in [0, 0.1) is 6.92 Å². The van der Waals surface area contributed by atoms with Crippen LogP contribution in [0.4, 0.5) is 0 Å². The van der Waals surface area contributed by atoms with E-state index < -0.39 is 0 Å². The molecule has 0 aliphatic carbocycles. The number of likely N-dealkylation sites (N-methyl/N-ethyl adjacent to an activating group) is 1. The van der Waals surface area contributed by atoms with Crippen molar-refractivity contribution < 1.29 is 4.74 Å². The highest BCUT2D eigenvalue weighted by Crippen LogP contribution is 2.25. The lowest BCUT2D eigenvalue weighted by molar-refractivity contribution is -0.00833. The van der Waals surface area contributed by atoms with Crippen LogP contribution in [0.1, 0.15) is 37.0 Å². The van der Waals surface area contributed by atoms with Gasteiger partial charge in [-0.25, -0.2) is 0 Å². The number of guanidine groups is 1. The van der Waals surface area contributed by atoms with Gasteiger partial charge in [-0.3, -0.25) is 4.99 Å². The van der Waals surface area contributed by atoms with Crippen LogP contribution >= 0.6 is 0 Å². The number of morpholine rings is 1. The van der Waals surface area contributed by atoms with Gasteiger partial charge in [-0.05, 0) is 64.5 Å². The minimum atomic E-state index is 0.114. The minimum absolute atomic E-state index is 0.114. The van der Waals surface area contributed by atoms with Crippen molar-refractivity contribution in [2.24, 2.45) is 4.99 Å². The highest BCUT2D eigenvalue weighted by Gasteiger charge is 2.25. The molecule has 162 valence electrons. The van der Waals surface area contributed by atoms with E-state index in [1.165, 1.54) is 43.7 Å². The smallest absolute Gasteiger partial charge is 0.194 e. The number of hydrogen-bond acceptors (Lipinski definition) is 4. The van der Waals surface area contributed by atoms with E-state index in [9.17, 15) is 0 Å². The van der Waals surface area contributed by atoms with Crippen molar-refractivity contribution >= 4 is 5.96 Å². The fourth-order valence-corrected chi connectivity index (χ4v) is 4.21. The zero-order valence-corrected chi connectivity index (χ0v) is 18.6. The highest BCUT2D eigenvalue weighted by molar-refractivity contribution is 5.80. The van der Waals surface area contributed by atoms with E-state index in [-0.39, 0.29) is 6.10 Å². The number of ether oxygens (including phenoxy) is 1. The molecule has 0 spiro atoms. The Bertz CT molecular complexity index is 650. The van der Waals surface area contributed by atoms with Crippen LogP contribution in [0.2, 0.25) is 0 Å². The molecule has 2 saturated heterocycles. The van der Waals surface area contributed by atoms with Crippen molar-refractivity contribution in [3.8, 4) is 0 Å². The molecular formula is C23H39N5O. The summed E-state index contributed by atoms with van der Waals surface area (Å²) in [6, 6.07) is 8.54. The van der Waals surface area contributed by atoms with Crippen molar-refractivity contribution in [2.75, 3.05) is 72.6 Å². The Labute approximate surface area is 176 Å². The topological polar surface area (TPSA) is 43.3 Å². The third-order valence-corrected chi connectivity index (χ3v) is 5.94. The molecule has 3 rings (SSSR count). The molecule has 0 bridgehead atoms. The summed E-state index contributed by atoms with van der Waals surface area (Å²) in [6.07, 6.45) is 2.50. The first-order valence-electron chi connectivity index (χ1n) is 11.3. The van der Waals surface area contributed by atoms with Gasteiger partial charge in [0.25, 0.3) is 0 Å². The molecule has 0 saturated carbocycles. The van der Waals surface area contributed by atoms with Crippen LogP contribution in [0.3, 0.4) is 0 Å². The Morgan fingerprint density at radius 1 is 1.17 bits per heavy atom. The lowest BCUT2D eigenvalue weighted by atomic mass is 10.0. The van der Waals surface area contributed by atoms with Crippen molar-refractivity contribution in [3.63, 3.8) is 0 Å². The second kappa shape index (κ2) is 11.5. The minimum Gasteiger partial charge on any atom is -0.370 e. The predicted octanol–water partition coefficient (Wildman–Crippen LogP) is 2.36. The number of rotatable bonds is 6. The molecule has 1 aromatic rings. The average molecular weight is 402 g/mol. The zero-order valence-electron chi connectivity index (χ0n) is 18.6. The molecule has 0 radical (unpaired) electrons. The van der Waals surface area contributed by atoms with Crippen LogP contribution in [0.15, 0.2) is 29.3 Å². The fourth-order valence-electron chi connectivity index (χ4n) is 4.21. The lowest BCUT2D eigenvalue weighted by Crippen LogP contribution is -2.48. The molecule has 1 atom stereocenters. The first-order chi connectivity index (χ1) is 14.2. The largest absolute Gasteiger partial charge is 0.370 e. The standard InChI is InChI=1S/C23H39N5O/c1-4-24-23(25-11-7-13-27-14-8-12-26(3)15-16-27)28-17-18-29-22(19-28)21-10-6-5-9-20(21)2/h5-6,9-10,22H,4,7-8,11-19H2,1-3H3,(H,24,25). The van der Waals surface area contributed by atoms with Gasteiger partial charge in [0.1, 0.15) is 6.10 Å². The van der Waals surface area contributed by atoms with Crippen LogP contribution in [0.5, 0.6) is 0 Å². The molecule has 0 aromatic heterocycles. The van der Waals surface area contributed by atoms with E-state index in [0.717, 1.165) is 51.7 Å². The summed E-state index contributed by atoms with van der Waals surface area (Å²) in [4.78, 5) is 12.3. The summed E-state index contributed by atoms with van der Waals surface area (Å²) >= 11 is 0. The van der Waals surface area contributed by atoms with Gasteiger partial charge in [-0.2, -0.15) is 0 Å². The van der Waals surface area contributed by atoms with Gasteiger partial charge >= 0.3 is 0 Å². The second-order valence-corrected chi connectivity index (χ2v) is 8.25. The van der Waals surface area contributed by atoms with Gasteiger partial charge in [0.05, 0.1) is 13.2 Å². The normalized spacial score (nSPS) is 22.5. The molecular weight excluding hydrogens is 362 g/mol. The van der Waals surface area contributed by atoms with E-state index in [1.54, 1.807) is 0 Å². The average Bonchev–Trinajstić information content (AvgIpc) is 2.95. The monoisotopic (exact) mass is 401 g/mol. The summed E-state index contributed by atoms with van der Waals surface area (Å²) in [5, 5.41) is 3.49. The van der Waals surface area contributed by atoms with Gasteiger partial charge in [0, 0.05) is 32.7 Å². The van der Waals surface area contributed by atoms with Gasteiger partial charge in [0.15, 0.2) is 5.96 Å². The first-order valence-corrected chi connectivity index (χ1v) is 11.3. The molecule has 1 N–H and O–H groups in total. The second-order valence-electron chi connectivity index (χ2n) is 8.25. The molecule has 29 heavy (non-hydrogen) atoms. The van der Waals surface area contributed by atoms with E-state index in [0.29, 0.717) is 0 Å². The maximum atomic E-state index is 6.09. The number of benzene rings is 1. The SMILES string of the molecule is CCNC(=NCCCN1CCCN(C)CC1)N1CCOC(c2ccccc2C)C1. The van der Waals surface area contributed by atoms with Gasteiger partial charge in [-0.1, -0.05) is 24.3 Å². The third kappa shape index (κ3) is 6.69. The summed E-state index contributed by atoms with van der Waals surface area (Å²) in [5.41, 5.74) is 2.59. The Balaban J connectivity index is 1.53. The van der Waals surface area contributed by atoms with Crippen molar-refractivity contribution in [1.29, 1.82) is 0 Å². The van der Waals surface area contributed by atoms with Crippen molar-refractivity contribution in [1.82, 2.24) is 20.0 Å². The summed E-state index contributed by atoms with van der Waals surface area (Å²) in [5.74, 6) is 1.03. The Morgan fingerprint density at radius 3 is 2.86 bits per heavy atom. The van der Waals surface area contributed by atoms with E-state index in [4.69, 9.17) is 9.73 Å². The van der Waals surface area contributed by atoms with E-state index in [1.807, 2.05) is 0 Å². The molecule has 6 nitrogen and oxygen atoms in total. The van der Waals surface area contributed by atoms with Crippen molar-refractivity contribution in [3.05, 3.63) is 35.4 Å².